The summed E-state index contributed by atoms with van der Waals surface area (Å²) in [6, 6.07) is 1.49. The minimum absolute atomic E-state index is 0.135. The molecule has 1 aliphatic rings. The van der Waals surface area contributed by atoms with Crippen LogP contribution in [0.15, 0.2) is 16.0 Å². The molecule has 3 heterocycles. The van der Waals surface area contributed by atoms with Gasteiger partial charge in [0.1, 0.15) is 0 Å². The van der Waals surface area contributed by atoms with E-state index < -0.39 is 0 Å². The van der Waals surface area contributed by atoms with Crippen molar-refractivity contribution in [2.45, 2.75) is 31.8 Å². The number of aromatic nitrogens is 4. The van der Waals surface area contributed by atoms with Crippen LogP contribution >= 0.6 is 11.8 Å². The third-order valence-corrected chi connectivity index (χ3v) is 4.94. The second kappa shape index (κ2) is 6.12. The molecule has 2 aromatic rings. The molecular weight excluding hydrogens is 302 g/mol. The van der Waals surface area contributed by atoms with Gasteiger partial charge in [-0.25, -0.2) is 0 Å². The molecule has 22 heavy (non-hydrogen) atoms. The third-order valence-electron chi connectivity index (χ3n) is 4.02. The molecule has 0 aromatic carbocycles. The number of piperidine rings is 1. The molecule has 0 radical (unpaired) electrons. The minimum Gasteiger partial charge on any atom is -0.342 e. The Morgan fingerprint density at radius 2 is 2.14 bits per heavy atom. The van der Waals surface area contributed by atoms with Crippen LogP contribution in [0.2, 0.25) is 0 Å². The average molecular weight is 321 g/mol. The van der Waals surface area contributed by atoms with E-state index in [0.717, 1.165) is 31.6 Å². The highest BCUT2D eigenvalue weighted by atomic mass is 32.2. The van der Waals surface area contributed by atoms with Crippen LogP contribution in [0, 0.1) is 12.8 Å². The fourth-order valence-electron chi connectivity index (χ4n) is 2.64. The van der Waals surface area contributed by atoms with Crippen molar-refractivity contribution in [1.29, 1.82) is 0 Å². The largest absolute Gasteiger partial charge is 0.342 e. The molecule has 0 saturated carbocycles. The third kappa shape index (κ3) is 3.01. The molecule has 0 aliphatic carbocycles. The maximum Gasteiger partial charge on any atom is 0.252 e. The number of carbonyl (C=O) groups is 1. The lowest BCUT2D eigenvalue weighted by molar-refractivity contribution is -0.129. The van der Waals surface area contributed by atoms with Crippen LogP contribution < -0.4 is 5.56 Å². The molecule has 0 atom stereocenters. The van der Waals surface area contributed by atoms with E-state index >= 15 is 0 Å². The molecule has 1 saturated heterocycles. The van der Waals surface area contributed by atoms with E-state index in [1.165, 1.54) is 17.8 Å². The SMILES string of the molecule is Cc1cc(=O)[nH]c2nnc(SCC(=O)N3CCC(C)CC3)n12. The molecule has 118 valence electrons. The monoisotopic (exact) mass is 321 g/mol. The van der Waals surface area contributed by atoms with Gasteiger partial charge in [0, 0.05) is 24.8 Å². The van der Waals surface area contributed by atoms with Gasteiger partial charge >= 0.3 is 0 Å². The summed E-state index contributed by atoms with van der Waals surface area (Å²) in [6.45, 7) is 5.73. The molecule has 0 bridgehead atoms. The van der Waals surface area contributed by atoms with Crippen molar-refractivity contribution in [1.82, 2.24) is 24.5 Å². The number of H-pyrrole nitrogens is 1. The second-order valence-corrected chi connectivity index (χ2v) is 6.71. The Morgan fingerprint density at radius 1 is 1.41 bits per heavy atom. The molecule has 7 nitrogen and oxygen atoms in total. The summed E-state index contributed by atoms with van der Waals surface area (Å²) in [5.74, 6) is 1.59. The number of hydrogen-bond donors (Lipinski definition) is 1. The quantitative estimate of drug-likeness (QED) is 0.855. The second-order valence-electron chi connectivity index (χ2n) is 5.77. The van der Waals surface area contributed by atoms with Crippen LogP contribution in [0.25, 0.3) is 5.78 Å². The van der Waals surface area contributed by atoms with Crippen molar-refractivity contribution in [2.24, 2.45) is 5.92 Å². The number of amides is 1. The zero-order chi connectivity index (χ0) is 15.7. The fraction of sp³-hybridized carbons (Fsp3) is 0.571. The van der Waals surface area contributed by atoms with Gasteiger partial charge in [-0.15, -0.1) is 10.2 Å². The van der Waals surface area contributed by atoms with Gasteiger partial charge in [-0.3, -0.25) is 19.0 Å². The molecule has 1 fully saturated rings. The molecule has 2 aromatic heterocycles. The van der Waals surface area contributed by atoms with Crippen molar-refractivity contribution in [3.63, 3.8) is 0 Å². The Morgan fingerprint density at radius 3 is 2.86 bits per heavy atom. The van der Waals surface area contributed by atoms with Crippen LogP contribution in [0.4, 0.5) is 0 Å². The first kappa shape index (κ1) is 15.1. The van der Waals surface area contributed by atoms with E-state index in [4.69, 9.17) is 0 Å². The van der Waals surface area contributed by atoms with Crippen molar-refractivity contribution < 1.29 is 4.79 Å². The van der Waals surface area contributed by atoms with E-state index in [9.17, 15) is 9.59 Å². The molecule has 3 rings (SSSR count). The zero-order valence-corrected chi connectivity index (χ0v) is 13.5. The number of rotatable bonds is 3. The first-order valence-electron chi connectivity index (χ1n) is 7.40. The van der Waals surface area contributed by atoms with Gasteiger partial charge in [0.15, 0.2) is 5.16 Å². The van der Waals surface area contributed by atoms with Crippen molar-refractivity contribution >= 4 is 23.4 Å². The zero-order valence-electron chi connectivity index (χ0n) is 12.7. The minimum atomic E-state index is -0.201. The number of nitrogens with one attached hydrogen (secondary N) is 1. The number of hydrogen-bond acceptors (Lipinski definition) is 5. The highest BCUT2D eigenvalue weighted by Crippen LogP contribution is 2.20. The first-order valence-corrected chi connectivity index (χ1v) is 8.39. The molecule has 1 N–H and O–H groups in total. The number of aryl methyl sites for hydroxylation is 1. The van der Waals surface area contributed by atoms with Gasteiger partial charge in [0.25, 0.3) is 5.56 Å². The number of aromatic amines is 1. The van der Waals surface area contributed by atoms with Gasteiger partial charge in [0.05, 0.1) is 5.75 Å². The predicted molar refractivity (Wildman–Crippen MR) is 84.0 cm³/mol. The number of nitrogens with zero attached hydrogens (tertiary/aromatic N) is 4. The van der Waals surface area contributed by atoms with Crippen molar-refractivity contribution in [3.05, 3.63) is 22.1 Å². The maximum atomic E-state index is 12.3. The van der Waals surface area contributed by atoms with Crippen LogP contribution in [0.5, 0.6) is 0 Å². The Labute approximate surface area is 132 Å². The summed E-state index contributed by atoms with van der Waals surface area (Å²) in [4.78, 5) is 28.2. The van der Waals surface area contributed by atoms with Crippen LogP contribution in [-0.4, -0.2) is 49.2 Å². The fourth-order valence-corrected chi connectivity index (χ4v) is 3.53. The molecule has 0 spiro atoms. The van der Waals surface area contributed by atoms with Gasteiger partial charge in [-0.1, -0.05) is 18.7 Å². The topological polar surface area (TPSA) is 83.4 Å². The van der Waals surface area contributed by atoms with Gasteiger partial charge in [-0.05, 0) is 25.7 Å². The molecule has 0 unspecified atom stereocenters. The van der Waals surface area contributed by atoms with E-state index in [2.05, 4.69) is 22.1 Å². The summed E-state index contributed by atoms with van der Waals surface area (Å²) >= 11 is 1.36. The number of likely N-dealkylation sites (tertiary alicyclic amines) is 1. The van der Waals surface area contributed by atoms with Gasteiger partial charge < -0.3 is 4.90 Å². The summed E-state index contributed by atoms with van der Waals surface area (Å²) < 4.78 is 1.76. The lowest BCUT2D eigenvalue weighted by atomic mass is 9.99. The van der Waals surface area contributed by atoms with Crippen LogP contribution in [0.3, 0.4) is 0 Å². The van der Waals surface area contributed by atoms with Gasteiger partial charge in [0.2, 0.25) is 11.7 Å². The van der Waals surface area contributed by atoms with Crippen LogP contribution in [0.1, 0.15) is 25.5 Å². The lowest BCUT2D eigenvalue weighted by Crippen LogP contribution is -2.38. The number of fused-ring (bicyclic) bond motifs is 1. The Kier molecular flexibility index (Phi) is 4.19. The maximum absolute atomic E-state index is 12.3. The van der Waals surface area contributed by atoms with E-state index in [0.29, 0.717) is 22.6 Å². The normalized spacial score (nSPS) is 16.4. The molecule has 8 heteroatoms. The highest BCUT2D eigenvalue weighted by Gasteiger charge is 2.21. The summed E-state index contributed by atoms with van der Waals surface area (Å²) in [5, 5.41) is 8.64. The summed E-state index contributed by atoms with van der Waals surface area (Å²) in [5.41, 5.74) is 0.554. The van der Waals surface area contributed by atoms with Crippen LogP contribution in [-0.2, 0) is 4.79 Å². The van der Waals surface area contributed by atoms with E-state index in [-0.39, 0.29) is 11.5 Å². The van der Waals surface area contributed by atoms with E-state index in [1.807, 2.05) is 11.8 Å². The Hall–Kier alpha value is -1.83. The summed E-state index contributed by atoms with van der Waals surface area (Å²) in [7, 11) is 0. The average Bonchev–Trinajstić information content (AvgIpc) is 2.88. The number of carbonyl (C=O) groups excluding carboxylic acids is 1. The smallest absolute Gasteiger partial charge is 0.252 e. The molecule has 1 aliphatic heterocycles. The van der Waals surface area contributed by atoms with Gasteiger partial charge in [-0.2, -0.15) is 0 Å². The van der Waals surface area contributed by atoms with E-state index in [1.54, 1.807) is 4.40 Å². The Balaban J connectivity index is 1.69. The summed E-state index contributed by atoms with van der Waals surface area (Å²) in [6.07, 6.45) is 2.15. The first-order chi connectivity index (χ1) is 10.5. The lowest BCUT2D eigenvalue weighted by Gasteiger charge is -2.30. The predicted octanol–water partition coefficient (Wildman–Crippen LogP) is 1.08. The standard InChI is InChI=1S/C14H19N5O2S/c1-9-3-5-18(6-4-9)12(21)8-22-14-17-16-13-15-11(20)7-10(2)19(13)14/h7,9H,3-6,8H2,1-2H3,(H,15,16,20). The van der Waals surface area contributed by atoms with Crippen molar-refractivity contribution in [3.8, 4) is 0 Å². The van der Waals surface area contributed by atoms with Crippen molar-refractivity contribution in [2.75, 3.05) is 18.8 Å². The molecule has 1 amide bonds. The highest BCUT2D eigenvalue weighted by molar-refractivity contribution is 7.99. The number of thioether (sulfide) groups is 1. The Bertz CT molecular complexity index is 745. The molecular formula is C14H19N5O2S.